The number of amides is 1. The predicted molar refractivity (Wildman–Crippen MR) is 86.4 cm³/mol. The standard InChI is InChI=1S/C15H14ClN3O3/c1-10-11(16)5-4-7-12(10)18-15(20)9-17-13-6-2-3-8-14(13)19(21)22/h2-8,17H,9H2,1H3,(H,18,20). The molecule has 0 aliphatic rings. The lowest BCUT2D eigenvalue weighted by Crippen LogP contribution is -2.22. The van der Waals surface area contributed by atoms with Crippen LogP contribution in [0.5, 0.6) is 0 Å². The van der Waals surface area contributed by atoms with Crippen LogP contribution in [0.3, 0.4) is 0 Å². The van der Waals surface area contributed by atoms with Crippen molar-refractivity contribution in [1.29, 1.82) is 0 Å². The number of carbonyl (C=O) groups excluding carboxylic acids is 1. The average molecular weight is 320 g/mol. The molecule has 0 spiro atoms. The van der Waals surface area contributed by atoms with Crippen molar-refractivity contribution in [2.45, 2.75) is 6.92 Å². The zero-order valence-corrected chi connectivity index (χ0v) is 12.6. The molecule has 2 N–H and O–H groups in total. The summed E-state index contributed by atoms with van der Waals surface area (Å²) in [6.07, 6.45) is 0. The molecule has 0 saturated carbocycles. The van der Waals surface area contributed by atoms with E-state index in [1.807, 2.05) is 0 Å². The normalized spacial score (nSPS) is 10.1. The first-order valence-electron chi connectivity index (χ1n) is 6.51. The van der Waals surface area contributed by atoms with Gasteiger partial charge in [-0.05, 0) is 30.7 Å². The van der Waals surface area contributed by atoms with Gasteiger partial charge in [0.25, 0.3) is 5.69 Å². The average Bonchev–Trinajstić information content (AvgIpc) is 2.50. The summed E-state index contributed by atoms with van der Waals surface area (Å²) in [7, 11) is 0. The van der Waals surface area contributed by atoms with Gasteiger partial charge in [-0.15, -0.1) is 0 Å². The van der Waals surface area contributed by atoms with Gasteiger partial charge in [-0.25, -0.2) is 0 Å². The van der Waals surface area contributed by atoms with Gasteiger partial charge in [-0.3, -0.25) is 14.9 Å². The van der Waals surface area contributed by atoms with Gasteiger partial charge in [0.1, 0.15) is 5.69 Å². The van der Waals surface area contributed by atoms with Gasteiger partial charge in [-0.1, -0.05) is 29.8 Å². The lowest BCUT2D eigenvalue weighted by atomic mass is 10.2. The number of carbonyl (C=O) groups is 1. The smallest absolute Gasteiger partial charge is 0.292 e. The number of nitrogens with one attached hydrogen (secondary N) is 2. The van der Waals surface area contributed by atoms with E-state index in [-0.39, 0.29) is 18.1 Å². The Balaban J connectivity index is 2.02. The van der Waals surface area contributed by atoms with Gasteiger partial charge in [0.2, 0.25) is 5.91 Å². The minimum absolute atomic E-state index is 0.0748. The molecular weight excluding hydrogens is 306 g/mol. The molecule has 2 rings (SSSR count). The van der Waals surface area contributed by atoms with E-state index in [1.165, 1.54) is 6.07 Å². The fraction of sp³-hybridized carbons (Fsp3) is 0.133. The first-order valence-corrected chi connectivity index (χ1v) is 6.89. The van der Waals surface area contributed by atoms with Crippen LogP contribution in [-0.2, 0) is 4.79 Å². The van der Waals surface area contributed by atoms with Crippen molar-refractivity contribution in [3.05, 3.63) is 63.2 Å². The van der Waals surface area contributed by atoms with E-state index < -0.39 is 4.92 Å². The van der Waals surface area contributed by atoms with Crippen LogP contribution >= 0.6 is 11.6 Å². The summed E-state index contributed by atoms with van der Waals surface area (Å²) in [5.41, 5.74) is 1.60. The van der Waals surface area contributed by atoms with Crippen molar-refractivity contribution >= 4 is 34.6 Å². The van der Waals surface area contributed by atoms with E-state index in [4.69, 9.17) is 11.6 Å². The number of rotatable bonds is 5. The van der Waals surface area contributed by atoms with Gasteiger partial charge in [0, 0.05) is 16.8 Å². The fourth-order valence-electron chi connectivity index (χ4n) is 1.90. The summed E-state index contributed by atoms with van der Waals surface area (Å²) in [5, 5.41) is 16.9. The molecule has 0 fully saturated rings. The van der Waals surface area contributed by atoms with Crippen LogP contribution in [0.2, 0.25) is 5.02 Å². The van der Waals surface area contributed by atoms with E-state index >= 15 is 0 Å². The molecular formula is C15H14ClN3O3. The molecule has 114 valence electrons. The molecule has 0 aliphatic carbocycles. The number of hydrogen-bond acceptors (Lipinski definition) is 4. The fourth-order valence-corrected chi connectivity index (χ4v) is 2.07. The van der Waals surface area contributed by atoms with Crippen molar-refractivity contribution in [3.63, 3.8) is 0 Å². The predicted octanol–water partition coefficient (Wildman–Crippen LogP) is 3.61. The Labute approximate surface area is 132 Å². The summed E-state index contributed by atoms with van der Waals surface area (Å²) >= 11 is 5.98. The highest BCUT2D eigenvalue weighted by Crippen LogP contribution is 2.24. The lowest BCUT2D eigenvalue weighted by molar-refractivity contribution is -0.383. The van der Waals surface area contributed by atoms with Gasteiger partial charge in [-0.2, -0.15) is 0 Å². The second-order valence-corrected chi connectivity index (χ2v) is 5.00. The summed E-state index contributed by atoms with van der Waals surface area (Å²) in [6.45, 7) is 1.71. The Hall–Kier alpha value is -2.60. The summed E-state index contributed by atoms with van der Waals surface area (Å²) < 4.78 is 0. The second kappa shape index (κ2) is 6.91. The van der Waals surface area contributed by atoms with Crippen molar-refractivity contribution in [2.24, 2.45) is 0 Å². The molecule has 0 radical (unpaired) electrons. The Kier molecular flexibility index (Phi) is 4.95. The quantitative estimate of drug-likeness (QED) is 0.651. The number of benzene rings is 2. The highest BCUT2D eigenvalue weighted by Gasteiger charge is 2.13. The van der Waals surface area contributed by atoms with Crippen LogP contribution in [-0.4, -0.2) is 17.4 Å². The molecule has 0 bridgehead atoms. The largest absolute Gasteiger partial charge is 0.371 e. The Morgan fingerprint density at radius 2 is 1.86 bits per heavy atom. The summed E-state index contributed by atoms with van der Waals surface area (Å²) in [6, 6.07) is 11.4. The molecule has 2 aromatic rings. The zero-order chi connectivity index (χ0) is 16.1. The number of halogens is 1. The van der Waals surface area contributed by atoms with Gasteiger partial charge in [0.15, 0.2) is 0 Å². The number of nitrogens with zero attached hydrogens (tertiary/aromatic N) is 1. The highest BCUT2D eigenvalue weighted by molar-refractivity contribution is 6.31. The minimum Gasteiger partial charge on any atom is -0.371 e. The van der Waals surface area contributed by atoms with Crippen molar-refractivity contribution in [1.82, 2.24) is 0 Å². The summed E-state index contributed by atoms with van der Waals surface area (Å²) in [4.78, 5) is 22.3. The second-order valence-electron chi connectivity index (χ2n) is 4.59. The van der Waals surface area contributed by atoms with E-state index in [0.29, 0.717) is 16.4 Å². The van der Waals surface area contributed by atoms with Crippen LogP contribution in [0.1, 0.15) is 5.56 Å². The topological polar surface area (TPSA) is 84.3 Å². The van der Waals surface area contributed by atoms with Crippen LogP contribution in [0.25, 0.3) is 0 Å². The molecule has 6 nitrogen and oxygen atoms in total. The Morgan fingerprint density at radius 1 is 1.18 bits per heavy atom. The van der Waals surface area contributed by atoms with Crippen LogP contribution in [0.4, 0.5) is 17.1 Å². The van der Waals surface area contributed by atoms with E-state index in [9.17, 15) is 14.9 Å². The third kappa shape index (κ3) is 3.73. The van der Waals surface area contributed by atoms with Gasteiger partial charge < -0.3 is 10.6 Å². The highest BCUT2D eigenvalue weighted by atomic mass is 35.5. The van der Waals surface area contributed by atoms with Crippen LogP contribution in [0, 0.1) is 17.0 Å². The number of nitro groups is 1. The Morgan fingerprint density at radius 3 is 2.59 bits per heavy atom. The van der Waals surface area contributed by atoms with Crippen LogP contribution in [0.15, 0.2) is 42.5 Å². The monoisotopic (exact) mass is 319 g/mol. The van der Waals surface area contributed by atoms with Crippen molar-refractivity contribution < 1.29 is 9.72 Å². The maximum absolute atomic E-state index is 11.9. The van der Waals surface area contributed by atoms with Crippen LogP contribution < -0.4 is 10.6 Å². The van der Waals surface area contributed by atoms with E-state index in [2.05, 4.69) is 10.6 Å². The number of anilines is 2. The molecule has 7 heteroatoms. The number of hydrogen-bond donors (Lipinski definition) is 2. The SMILES string of the molecule is Cc1c(Cl)cccc1NC(=O)CNc1ccccc1[N+](=O)[O-]. The first kappa shape index (κ1) is 15.8. The molecule has 0 unspecified atom stereocenters. The maximum Gasteiger partial charge on any atom is 0.292 e. The number of nitro benzene ring substituents is 1. The van der Waals surface area contributed by atoms with E-state index in [1.54, 1.807) is 43.3 Å². The molecule has 2 aromatic carbocycles. The molecule has 0 aromatic heterocycles. The third-order valence-corrected chi connectivity index (χ3v) is 3.49. The first-order chi connectivity index (χ1) is 10.5. The van der Waals surface area contributed by atoms with Gasteiger partial charge in [0.05, 0.1) is 11.5 Å². The lowest BCUT2D eigenvalue weighted by Gasteiger charge is -2.10. The molecule has 0 saturated heterocycles. The zero-order valence-electron chi connectivity index (χ0n) is 11.8. The Bertz CT molecular complexity index is 719. The van der Waals surface area contributed by atoms with Crippen molar-refractivity contribution in [3.8, 4) is 0 Å². The molecule has 22 heavy (non-hydrogen) atoms. The third-order valence-electron chi connectivity index (χ3n) is 3.08. The minimum atomic E-state index is -0.499. The number of para-hydroxylation sites is 2. The van der Waals surface area contributed by atoms with Crippen molar-refractivity contribution in [2.75, 3.05) is 17.2 Å². The summed E-state index contributed by atoms with van der Waals surface area (Å²) in [5.74, 6) is -0.316. The molecule has 0 atom stereocenters. The molecule has 0 aliphatic heterocycles. The molecule has 1 amide bonds. The maximum atomic E-state index is 11.9. The van der Waals surface area contributed by atoms with Gasteiger partial charge >= 0.3 is 0 Å². The van der Waals surface area contributed by atoms with E-state index in [0.717, 1.165) is 5.56 Å². The molecule has 0 heterocycles.